The van der Waals surface area contributed by atoms with E-state index in [4.69, 9.17) is 0 Å². The molecule has 1 fully saturated rings. The first-order valence-electron chi connectivity index (χ1n) is 9.58. The molecule has 1 aliphatic rings. The maximum Gasteiger partial charge on any atom is 0.264 e. The first kappa shape index (κ1) is 19.6. The lowest BCUT2D eigenvalue weighted by Gasteiger charge is -2.34. The van der Waals surface area contributed by atoms with Crippen molar-refractivity contribution in [2.24, 2.45) is 0 Å². The zero-order chi connectivity index (χ0) is 19.2. The van der Waals surface area contributed by atoms with Crippen LogP contribution in [0.1, 0.15) is 34.6 Å². The molecule has 144 valence electrons. The molecule has 27 heavy (non-hydrogen) atoms. The predicted molar refractivity (Wildman–Crippen MR) is 110 cm³/mol. The van der Waals surface area contributed by atoms with Crippen molar-refractivity contribution in [1.29, 1.82) is 0 Å². The van der Waals surface area contributed by atoms with Crippen LogP contribution in [0.15, 0.2) is 35.7 Å². The first-order valence-corrected chi connectivity index (χ1v) is 10.5. The second-order valence-corrected chi connectivity index (χ2v) is 7.70. The summed E-state index contributed by atoms with van der Waals surface area (Å²) in [6.07, 6.45) is 1.79. The third kappa shape index (κ3) is 4.76. The van der Waals surface area contributed by atoms with Crippen LogP contribution in [0, 0.1) is 0 Å². The van der Waals surface area contributed by atoms with Gasteiger partial charge in [0.15, 0.2) is 0 Å². The molecule has 2 aromatic rings. The van der Waals surface area contributed by atoms with E-state index in [9.17, 15) is 9.59 Å². The van der Waals surface area contributed by atoms with Gasteiger partial charge in [-0.3, -0.25) is 14.5 Å². The van der Waals surface area contributed by atoms with Crippen molar-refractivity contribution >= 4 is 28.8 Å². The molecule has 0 radical (unpaired) electrons. The number of thiophene rings is 1. The van der Waals surface area contributed by atoms with Gasteiger partial charge in [0.05, 0.1) is 11.4 Å². The largest absolute Gasteiger partial charge is 0.335 e. The van der Waals surface area contributed by atoms with Gasteiger partial charge in [-0.25, -0.2) is 0 Å². The summed E-state index contributed by atoms with van der Waals surface area (Å²) in [6, 6.07) is 9.96. The van der Waals surface area contributed by atoms with Gasteiger partial charge in [0.1, 0.15) is 0 Å². The third-order valence-corrected chi connectivity index (χ3v) is 5.88. The number of anilines is 1. The zero-order valence-corrected chi connectivity index (χ0v) is 16.8. The van der Waals surface area contributed by atoms with Crippen molar-refractivity contribution in [1.82, 2.24) is 9.80 Å². The Morgan fingerprint density at radius 1 is 1.00 bits per heavy atom. The van der Waals surface area contributed by atoms with Crippen LogP contribution in [0.25, 0.3) is 0 Å². The molecule has 1 saturated heterocycles. The van der Waals surface area contributed by atoms with Gasteiger partial charge in [0.2, 0.25) is 5.91 Å². The first-order chi connectivity index (χ1) is 13.1. The van der Waals surface area contributed by atoms with Gasteiger partial charge < -0.3 is 10.2 Å². The molecule has 6 heteroatoms. The molecule has 0 atom stereocenters. The number of para-hydroxylation sites is 1. The fourth-order valence-corrected chi connectivity index (χ4v) is 4.14. The van der Waals surface area contributed by atoms with E-state index in [1.807, 2.05) is 22.4 Å². The second-order valence-electron chi connectivity index (χ2n) is 6.75. The summed E-state index contributed by atoms with van der Waals surface area (Å²) in [6.45, 7) is 7.34. The van der Waals surface area contributed by atoms with Gasteiger partial charge >= 0.3 is 0 Å². The van der Waals surface area contributed by atoms with Crippen molar-refractivity contribution in [3.8, 4) is 0 Å². The minimum absolute atomic E-state index is 0.0173. The Balaban J connectivity index is 1.54. The fraction of sp³-hybridized carbons (Fsp3) is 0.429. The van der Waals surface area contributed by atoms with Crippen molar-refractivity contribution in [3.05, 3.63) is 51.7 Å². The Morgan fingerprint density at radius 2 is 1.67 bits per heavy atom. The quantitative estimate of drug-likeness (QED) is 0.830. The average Bonchev–Trinajstić information content (AvgIpc) is 3.23. The van der Waals surface area contributed by atoms with E-state index in [0.29, 0.717) is 19.6 Å². The number of hydrogen-bond donors (Lipinski definition) is 1. The van der Waals surface area contributed by atoms with Crippen LogP contribution in [0.2, 0.25) is 0 Å². The molecular formula is C21H27N3O2S. The minimum Gasteiger partial charge on any atom is -0.335 e. The van der Waals surface area contributed by atoms with Crippen molar-refractivity contribution < 1.29 is 9.59 Å². The number of carbonyl (C=O) groups excluding carboxylic acids is 2. The Bertz CT molecular complexity index is 758. The molecule has 0 spiro atoms. The van der Waals surface area contributed by atoms with Crippen LogP contribution in [-0.2, 0) is 17.6 Å². The lowest BCUT2D eigenvalue weighted by Crippen LogP contribution is -2.50. The molecule has 1 aromatic heterocycles. The molecule has 0 aliphatic carbocycles. The highest BCUT2D eigenvalue weighted by Gasteiger charge is 2.24. The summed E-state index contributed by atoms with van der Waals surface area (Å²) in [7, 11) is 0. The molecule has 0 unspecified atom stereocenters. The highest BCUT2D eigenvalue weighted by molar-refractivity contribution is 7.12. The van der Waals surface area contributed by atoms with E-state index in [2.05, 4.69) is 42.3 Å². The molecule has 1 N–H and O–H groups in total. The molecule has 1 aliphatic heterocycles. The lowest BCUT2D eigenvalue weighted by atomic mass is 10.0. The molecule has 3 rings (SSSR count). The predicted octanol–water partition coefficient (Wildman–Crippen LogP) is 3.27. The van der Waals surface area contributed by atoms with Crippen molar-refractivity contribution in [3.63, 3.8) is 0 Å². The maximum atomic E-state index is 12.6. The van der Waals surface area contributed by atoms with Gasteiger partial charge in [-0.05, 0) is 35.4 Å². The minimum atomic E-state index is 0.0173. The van der Waals surface area contributed by atoms with Crippen molar-refractivity contribution in [2.45, 2.75) is 26.7 Å². The smallest absolute Gasteiger partial charge is 0.264 e. The molecule has 0 saturated carbocycles. The summed E-state index contributed by atoms with van der Waals surface area (Å²) in [5, 5.41) is 5.05. The molecular weight excluding hydrogens is 358 g/mol. The highest BCUT2D eigenvalue weighted by Crippen LogP contribution is 2.22. The zero-order valence-electron chi connectivity index (χ0n) is 16.0. The summed E-state index contributed by atoms with van der Waals surface area (Å²) in [5.41, 5.74) is 3.32. The lowest BCUT2D eigenvalue weighted by molar-refractivity contribution is -0.117. The number of hydrogen-bond acceptors (Lipinski definition) is 4. The standard InChI is InChI=1S/C21H27N3O2S/c1-3-16-7-5-8-17(4-2)20(16)22-19(25)15-23-10-12-24(13-11-23)21(26)18-9-6-14-27-18/h5-9,14H,3-4,10-13,15H2,1-2H3,(H,22,25). The van der Waals surface area contributed by atoms with Gasteiger partial charge in [-0.2, -0.15) is 0 Å². The van der Waals surface area contributed by atoms with E-state index in [1.54, 1.807) is 0 Å². The SMILES string of the molecule is CCc1cccc(CC)c1NC(=O)CN1CCN(C(=O)c2cccs2)CC1. The molecule has 5 nitrogen and oxygen atoms in total. The Kier molecular flexibility index (Phi) is 6.63. The van der Waals surface area contributed by atoms with E-state index in [1.165, 1.54) is 22.5 Å². The average molecular weight is 386 g/mol. The highest BCUT2D eigenvalue weighted by atomic mass is 32.1. The molecule has 2 heterocycles. The van der Waals surface area contributed by atoms with Crippen LogP contribution in [0.4, 0.5) is 5.69 Å². The van der Waals surface area contributed by atoms with E-state index in [-0.39, 0.29) is 11.8 Å². The van der Waals surface area contributed by atoms with Gasteiger partial charge in [0.25, 0.3) is 5.91 Å². The Labute approximate surface area is 165 Å². The summed E-state index contributed by atoms with van der Waals surface area (Å²) < 4.78 is 0. The number of rotatable bonds is 6. The fourth-order valence-electron chi connectivity index (χ4n) is 3.45. The number of nitrogens with one attached hydrogen (secondary N) is 1. The Hall–Kier alpha value is -2.18. The van der Waals surface area contributed by atoms with Gasteiger partial charge in [-0.15, -0.1) is 11.3 Å². The third-order valence-electron chi connectivity index (χ3n) is 5.02. The van der Waals surface area contributed by atoms with Crippen molar-refractivity contribution in [2.75, 3.05) is 38.0 Å². The number of piperazine rings is 1. The van der Waals surface area contributed by atoms with Crippen LogP contribution < -0.4 is 5.32 Å². The number of nitrogens with zero attached hydrogens (tertiary/aromatic N) is 2. The summed E-state index contributed by atoms with van der Waals surface area (Å²) in [4.78, 5) is 29.8. The normalized spacial score (nSPS) is 15.0. The Morgan fingerprint density at radius 3 is 2.22 bits per heavy atom. The van der Waals surface area contributed by atoms with Gasteiger partial charge in [-0.1, -0.05) is 38.1 Å². The summed E-state index contributed by atoms with van der Waals surface area (Å²) >= 11 is 1.48. The van der Waals surface area contributed by atoms with Crippen LogP contribution in [-0.4, -0.2) is 54.3 Å². The van der Waals surface area contributed by atoms with Crippen LogP contribution >= 0.6 is 11.3 Å². The molecule has 2 amide bonds. The molecule has 0 bridgehead atoms. The molecule has 1 aromatic carbocycles. The van der Waals surface area contributed by atoms with Gasteiger partial charge in [0, 0.05) is 31.9 Å². The summed E-state index contributed by atoms with van der Waals surface area (Å²) in [5.74, 6) is 0.113. The number of amides is 2. The monoisotopic (exact) mass is 385 g/mol. The van der Waals surface area contributed by atoms with E-state index < -0.39 is 0 Å². The van der Waals surface area contributed by atoms with Crippen LogP contribution in [0.3, 0.4) is 0 Å². The number of benzene rings is 1. The van der Waals surface area contributed by atoms with Crippen LogP contribution in [0.5, 0.6) is 0 Å². The maximum absolute atomic E-state index is 12.6. The number of aryl methyl sites for hydroxylation is 2. The second kappa shape index (κ2) is 9.15. The van der Waals surface area contributed by atoms with E-state index in [0.717, 1.165) is 36.5 Å². The number of carbonyl (C=O) groups is 2. The topological polar surface area (TPSA) is 52.7 Å². The van der Waals surface area contributed by atoms with E-state index >= 15 is 0 Å².